The Morgan fingerprint density at radius 2 is 2.18 bits per heavy atom. The van der Waals surface area contributed by atoms with Crippen molar-refractivity contribution in [1.82, 2.24) is 9.88 Å². The first-order chi connectivity index (χ1) is 10.8. The van der Waals surface area contributed by atoms with E-state index in [0.29, 0.717) is 0 Å². The molecule has 3 saturated heterocycles. The molecule has 1 aromatic heterocycles. The molecule has 4 unspecified atom stereocenters. The number of benzene rings is 1. The first-order valence-electron chi connectivity index (χ1n) is 8.53. The molecular weight excluding hydrogens is 272 g/mol. The summed E-state index contributed by atoms with van der Waals surface area (Å²) in [6, 6.07) is 10.4. The van der Waals surface area contributed by atoms with Gasteiger partial charge >= 0.3 is 0 Å². The summed E-state index contributed by atoms with van der Waals surface area (Å²) in [5.74, 6) is 1.62. The Labute approximate surface area is 132 Å². The summed E-state index contributed by atoms with van der Waals surface area (Å²) in [5.41, 5.74) is 2.01. The van der Waals surface area contributed by atoms with Gasteiger partial charge in [-0.15, -0.1) is 0 Å². The van der Waals surface area contributed by atoms with E-state index in [2.05, 4.69) is 22.9 Å². The lowest BCUT2D eigenvalue weighted by atomic mass is 9.72. The first-order valence-corrected chi connectivity index (χ1v) is 8.53. The number of aromatic nitrogens is 1. The van der Waals surface area contributed by atoms with Crippen LogP contribution in [-0.4, -0.2) is 34.1 Å². The van der Waals surface area contributed by atoms with Crippen molar-refractivity contribution in [2.75, 3.05) is 13.1 Å². The maximum absolute atomic E-state index is 11.1. The van der Waals surface area contributed by atoms with E-state index in [1.54, 1.807) is 0 Å². The third-order valence-corrected chi connectivity index (χ3v) is 5.83. The van der Waals surface area contributed by atoms with E-state index >= 15 is 0 Å². The Bertz CT molecular complexity index is 666. The van der Waals surface area contributed by atoms with Gasteiger partial charge in [0.25, 0.3) is 0 Å². The Hall–Kier alpha value is -1.45. The van der Waals surface area contributed by atoms with E-state index in [0.717, 1.165) is 47.8 Å². The summed E-state index contributed by atoms with van der Waals surface area (Å²) < 4.78 is 0. The minimum atomic E-state index is -0.409. The van der Waals surface area contributed by atoms with Crippen LogP contribution in [0.1, 0.15) is 37.9 Å². The lowest BCUT2D eigenvalue weighted by molar-refractivity contribution is -0.0562. The fourth-order valence-electron chi connectivity index (χ4n) is 4.55. The van der Waals surface area contributed by atoms with Crippen LogP contribution in [0.2, 0.25) is 0 Å². The highest BCUT2D eigenvalue weighted by molar-refractivity contribution is 5.82. The second kappa shape index (κ2) is 5.64. The SMILES string of the molecule is CCC1CN2CCC1CC2[C@H](O)c1ccnc2ccccc12. The van der Waals surface area contributed by atoms with Gasteiger partial charge in [-0.05, 0) is 48.9 Å². The number of hydrogen-bond donors (Lipinski definition) is 1. The number of pyridine rings is 1. The molecule has 5 atom stereocenters. The summed E-state index contributed by atoms with van der Waals surface area (Å²) in [7, 11) is 0. The van der Waals surface area contributed by atoms with E-state index in [1.807, 2.05) is 30.5 Å². The zero-order chi connectivity index (χ0) is 15.1. The van der Waals surface area contributed by atoms with Gasteiger partial charge in [0.05, 0.1) is 11.6 Å². The molecule has 1 N–H and O–H groups in total. The maximum atomic E-state index is 11.1. The summed E-state index contributed by atoms with van der Waals surface area (Å²) >= 11 is 0. The van der Waals surface area contributed by atoms with Gasteiger partial charge in [-0.2, -0.15) is 0 Å². The number of rotatable bonds is 3. The number of fused-ring (bicyclic) bond motifs is 4. The quantitative estimate of drug-likeness (QED) is 0.943. The minimum absolute atomic E-state index is 0.271. The standard InChI is InChI=1S/C19H24N2O/c1-2-13-12-21-10-8-14(13)11-18(21)19(22)16-7-9-20-17-6-4-3-5-15(16)17/h3-7,9,13-14,18-19,22H,2,8,10-12H2,1H3/t13?,14?,18?,19-/m1/s1. The number of piperidine rings is 3. The largest absolute Gasteiger partial charge is 0.387 e. The number of para-hydroxylation sites is 1. The molecule has 3 nitrogen and oxygen atoms in total. The van der Waals surface area contributed by atoms with E-state index in [1.165, 1.54) is 12.8 Å². The predicted molar refractivity (Wildman–Crippen MR) is 88.6 cm³/mol. The number of aliphatic hydroxyl groups excluding tert-OH is 1. The average molecular weight is 296 g/mol. The van der Waals surface area contributed by atoms with E-state index in [4.69, 9.17) is 0 Å². The summed E-state index contributed by atoms with van der Waals surface area (Å²) in [6.07, 6.45) is 5.12. The van der Waals surface area contributed by atoms with Crippen molar-refractivity contribution in [2.45, 2.75) is 38.3 Å². The van der Waals surface area contributed by atoms with Crippen molar-refractivity contribution in [3.8, 4) is 0 Å². The highest BCUT2D eigenvalue weighted by Crippen LogP contribution is 2.42. The molecule has 5 rings (SSSR count). The van der Waals surface area contributed by atoms with E-state index < -0.39 is 6.10 Å². The van der Waals surface area contributed by atoms with Crippen LogP contribution in [0.4, 0.5) is 0 Å². The Morgan fingerprint density at radius 3 is 2.95 bits per heavy atom. The van der Waals surface area contributed by atoms with Crippen LogP contribution in [0.3, 0.4) is 0 Å². The van der Waals surface area contributed by atoms with Crippen molar-refractivity contribution in [3.05, 3.63) is 42.1 Å². The second-order valence-electron chi connectivity index (χ2n) is 6.88. The van der Waals surface area contributed by atoms with Gasteiger partial charge in [0.15, 0.2) is 0 Å². The summed E-state index contributed by atoms with van der Waals surface area (Å²) in [4.78, 5) is 6.94. The topological polar surface area (TPSA) is 36.4 Å². The molecule has 0 amide bonds. The lowest BCUT2D eigenvalue weighted by Gasteiger charge is -2.51. The molecule has 0 radical (unpaired) electrons. The molecule has 0 saturated carbocycles. The van der Waals surface area contributed by atoms with Crippen molar-refractivity contribution in [2.24, 2.45) is 11.8 Å². The van der Waals surface area contributed by atoms with Crippen molar-refractivity contribution >= 4 is 10.9 Å². The molecule has 1 aromatic carbocycles. The van der Waals surface area contributed by atoms with E-state index in [9.17, 15) is 5.11 Å². The number of nitrogens with zero attached hydrogens (tertiary/aromatic N) is 2. The fourth-order valence-corrected chi connectivity index (χ4v) is 4.55. The van der Waals surface area contributed by atoms with Gasteiger partial charge in [0.1, 0.15) is 0 Å². The normalized spacial score (nSPS) is 32.3. The molecular formula is C19H24N2O. The summed E-state index contributed by atoms with van der Waals surface area (Å²) in [5, 5.41) is 12.1. The molecule has 22 heavy (non-hydrogen) atoms. The first kappa shape index (κ1) is 14.2. The molecule has 116 valence electrons. The predicted octanol–water partition coefficient (Wildman–Crippen LogP) is 3.39. The zero-order valence-corrected chi connectivity index (χ0v) is 13.2. The minimum Gasteiger partial charge on any atom is -0.387 e. The molecule has 2 aromatic rings. The van der Waals surface area contributed by atoms with Gasteiger partial charge in [-0.1, -0.05) is 31.5 Å². The molecule has 2 bridgehead atoms. The van der Waals surface area contributed by atoms with Crippen LogP contribution in [-0.2, 0) is 0 Å². The Balaban J connectivity index is 1.66. The Morgan fingerprint density at radius 1 is 1.32 bits per heavy atom. The van der Waals surface area contributed by atoms with Crippen LogP contribution in [0, 0.1) is 11.8 Å². The monoisotopic (exact) mass is 296 g/mol. The highest BCUT2D eigenvalue weighted by atomic mass is 16.3. The molecule has 3 heteroatoms. The molecule has 3 fully saturated rings. The third kappa shape index (κ3) is 2.24. The van der Waals surface area contributed by atoms with Crippen LogP contribution >= 0.6 is 0 Å². The van der Waals surface area contributed by atoms with Gasteiger partial charge < -0.3 is 5.11 Å². The van der Waals surface area contributed by atoms with Gasteiger partial charge in [0.2, 0.25) is 0 Å². The van der Waals surface area contributed by atoms with E-state index in [-0.39, 0.29) is 6.04 Å². The van der Waals surface area contributed by atoms with Crippen molar-refractivity contribution in [3.63, 3.8) is 0 Å². The van der Waals surface area contributed by atoms with Crippen LogP contribution in [0.5, 0.6) is 0 Å². The number of aliphatic hydroxyl groups is 1. The third-order valence-electron chi connectivity index (χ3n) is 5.83. The van der Waals surface area contributed by atoms with Crippen molar-refractivity contribution < 1.29 is 5.11 Å². The fraction of sp³-hybridized carbons (Fsp3) is 0.526. The number of hydrogen-bond acceptors (Lipinski definition) is 3. The van der Waals surface area contributed by atoms with Crippen LogP contribution in [0.25, 0.3) is 10.9 Å². The molecule has 0 aliphatic carbocycles. The van der Waals surface area contributed by atoms with Gasteiger partial charge in [-0.25, -0.2) is 0 Å². The van der Waals surface area contributed by atoms with Gasteiger partial charge in [-0.3, -0.25) is 9.88 Å². The van der Waals surface area contributed by atoms with Crippen molar-refractivity contribution in [1.29, 1.82) is 0 Å². The Kier molecular flexibility index (Phi) is 3.63. The molecule has 3 aliphatic heterocycles. The van der Waals surface area contributed by atoms with Gasteiger partial charge in [0, 0.05) is 24.2 Å². The second-order valence-corrected chi connectivity index (χ2v) is 6.88. The van der Waals surface area contributed by atoms with Crippen LogP contribution in [0.15, 0.2) is 36.5 Å². The molecule has 0 spiro atoms. The zero-order valence-electron chi connectivity index (χ0n) is 13.2. The molecule has 4 heterocycles. The van der Waals surface area contributed by atoms with Crippen LogP contribution < -0.4 is 0 Å². The highest BCUT2D eigenvalue weighted by Gasteiger charge is 2.42. The maximum Gasteiger partial charge on any atom is 0.0952 e. The lowest BCUT2D eigenvalue weighted by Crippen LogP contribution is -2.55. The molecule has 3 aliphatic rings. The smallest absolute Gasteiger partial charge is 0.0952 e. The summed E-state index contributed by atoms with van der Waals surface area (Å²) in [6.45, 7) is 4.60. The average Bonchev–Trinajstić information content (AvgIpc) is 2.60.